The predicted octanol–water partition coefficient (Wildman–Crippen LogP) is 1.65. The Hall–Kier alpha value is -0.160. The van der Waals surface area contributed by atoms with E-state index in [9.17, 15) is 0 Å². The molecular weight excluding hydrogens is 252 g/mol. The summed E-state index contributed by atoms with van der Waals surface area (Å²) >= 11 is 0. The highest BCUT2D eigenvalue weighted by Crippen LogP contribution is 2.32. The molecule has 0 aromatic carbocycles. The molecule has 2 unspecified atom stereocenters. The molecule has 0 amide bonds. The van der Waals surface area contributed by atoms with E-state index >= 15 is 0 Å². The van der Waals surface area contributed by atoms with Crippen molar-refractivity contribution in [2.75, 3.05) is 46.1 Å². The summed E-state index contributed by atoms with van der Waals surface area (Å²) in [6, 6.07) is 1.39. The normalized spacial score (nSPS) is 36.1. The lowest BCUT2D eigenvalue weighted by atomic mass is 9.81. The van der Waals surface area contributed by atoms with Gasteiger partial charge in [-0.1, -0.05) is 6.92 Å². The molecular formula is C16H30N2O2. The fourth-order valence-electron chi connectivity index (χ4n) is 3.58. The van der Waals surface area contributed by atoms with Crippen LogP contribution in [0.25, 0.3) is 0 Å². The van der Waals surface area contributed by atoms with Crippen molar-refractivity contribution >= 4 is 0 Å². The Balaban J connectivity index is 1.61. The second-order valence-electron chi connectivity index (χ2n) is 6.92. The number of nitrogens with one attached hydrogen (secondary N) is 1. The molecule has 20 heavy (non-hydrogen) atoms. The minimum Gasteiger partial charge on any atom is -0.381 e. The molecule has 2 aliphatic heterocycles. The number of rotatable bonds is 6. The molecule has 3 fully saturated rings. The van der Waals surface area contributed by atoms with Crippen molar-refractivity contribution < 1.29 is 9.47 Å². The molecule has 0 bridgehead atoms. The molecule has 4 heteroatoms. The number of morpholine rings is 1. The molecule has 3 rings (SSSR count). The molecule has 116 valence electrons. The standard InChI is InChI=1S/C16H30N2O2/c1-2-15-10-19-9-7-18(15)12-16(6-3-8-20-13-16)11-17-14-4-5-14/h14-15,17H,2-13H2,1H3. The quantitative estimate of drug-likeness (QED) is 0.803. The van der Waals surface area contributed by atoms with E-state index in [2.05, 4.69) is 17.1 Å². The second-order valence-corrected chi connectivity index (χ2v) is 6.92. The Bertz CT molecular complexity index is 301. The third-order valence-electron chi connectivity index (χ3n) is 5.11. The van der Waals surface area contributed by atoms with Crippen LogP contribution in [0.4, 0.5) is 0 Å². The topological polar surface area (TPSA) is 33.7 Å². The molecule has 2 atom stereocenters. The van der Waals surface area contributed by atoms with E-state index < -0.39 is 0 Å². The lowest BCUT2D eigenvalue weighted by Crippen LogP contribution is -2.54. The zero-order chi connectivity index (χ0) is 13.8. The van der Waals surface area contributed by atoms with Crippen LogP contribution in [-0.4, -0.2) is 63.0 Å². The number of nitrogens with zero attached hydrogens (tertiary/aromatic N) is 1. The van der Waals surface area contributed by atoms with Gasteiger partial charge in [-0.15, -0.1) is 0 Å². The van der Waals surface area contributed by atoms with Gasteiger partial charge in [0.05, 0.1) is 19.8 Å². The molecule has 1 saturated carbocycles. The first-order valence-corrected chi connectivity index (χ1v) is 8.44. The van der Waals surface area contributed by atoms with Crippen molar-refractivity contribution in [1.82, 2.24) is 10.2 Å². The minimum absolute atomic E-state index is 0.325. The van der Waals surface area contributed by atoms with Gasteiger partial charge in [0.25, 0.3) is 0 Å². The van der Waals surface area contributed by atoms with Gasteiger partial charge >= 0.3 is 0 Å². The molecule has 1 aliphatic carbocycles. The van der Waals surface area contributed by atoms with Crippen LogP contribution in [-0.2, 0) is 9.47 Å². The third-order valence-corrected chi connectivity index (χ3v) is 5.11. The average Bonchev–Trinajstić information content (AvgIpc) is 3.31. The maximum Gasteiger partial charge on any atom is 0.0622 e. The zero-order valence-electron chi connectivity index (χ0n) is 12.9. The monoisotopic (exact) mass is 282 g/mol. The van der Waals surface area contributed by atoms with Gasteiger partial charge < -0.3 is 14.8 Å². The molecule has 1 N–H and O–H groups in total. The van der Waals surface area contributed by atoms with Crippen molar-refractivity contribution in [3.8, 4) is 0 Å². The molecule has 0 aromatic heterocycles. The first-order valence-electron chi connectivity index (χ1n) is 8.44. The molecule has 4 nitrogen and oxygen atoms in total. The Morgan fingerprint density at radius 1 is 1.25 bits per heavy atom. The SMILES string of the molecule is CCC1COCCN1CC1(CNC2CC2)CCCOC1. The van der Waals surface area contributed by atoms with E-state index in [0.29, 0.717) is 11.5 Å². The van der Waals surface area contributed by atoms with Gasteiger partial charge in [-0.25, -0.2) is 0 Å². The minimum atomic E-state index is 0.325. The van der Waals surface area contributed by atoms with Crippen LogP contribution in [0.15, 0.2) is 0 Å². The van der Waals surface area contributed by atoms with Gasteiger partial charge in [0.2, 0.25) is 0 Å². The molecule has 0 radical (unpaired) electrons. The molecule has 2 heterocycles. The van der Waals surface area contributed by atoms with Crippen LogP contribution in [0.5, 0.6) is 0 Å². The highest BCUT2D eigenvalue weighted by Gasteiger charge is 2.38. The summed E-state index contributed by atoms with van der Waals surface area (Å²) in [6.07, 6.45) is 6.44. The zero-order valence-corrected chi connectivity index (χ0v) is 12.9. The predicted molar refractivity (Wildman–Crippen MR) is 80.0 cm³/mol. The number of ether oxygens (including phenoxy) is 2. The van der Waals surface area contributed by atoms with E-state index in [1.165, 1.54) is 38.6 Å². The van der Waals surface area contributed by atoms with Gasteiger partial charge in [-0.3, -0.25) is 4.90 Å². The van der Waals surface area contributed by atoms with Crippen LogP contribution in [0.2, 0.25) is 0 Å². The second kappa shape index (κ2) is 6.73. The molecule has 3 aliphatic rings. The summed E-state index contributed by atoms with van der Waals surface area (Å²) < 4.78 is 11.5. The van der Waals surface area contributed by atoms with Crippen molar-refractivity contribution in [1.29, 1.82) is 0 Å². The van der Waals surface area contributed by atoms with E-state index in [1.54, 1.807) is 0 Å². The highest BCUT2D eigenvalue weighted by atomic mass is 16.5. The Kier molecular flexibility index (Phi) is 4.97. The van der Waals surface area contributed by atoms with Crippen molar-refractivity contribution in [2.24, 2.45) is 5.41 Å². The summed E-state index contributed by atoms with van der Waals surface area (Å²) in [5, 5.41) is 3.75. The summed E-state index contributed by atoms with van der Waals surface area (Å²) in [5.41, 5.74) is 0.325. The summed E-state index contributed by atoms with van der Waals surface area (Å²) in [5.74, 6) is 0. The summed E-state index contributed by atoms with van der Waals surface area (Å²) in [7, 11) is 0. The first-order chi connectivity index (χ1) is 9.81. The van der Waals surface area contributed by atoms with E-state index in [-0.39, 0.29) is 0 Å². The van der Waals surface area contributed by atoms with Crippen LogP contribution in [0.1, 0.15) is 39.0 Å². The maximum atomic E-state index is 5.85. The van der Waals surface area contributed by atoms with Crippen molar-refractivity contribution in [3.63, 3.8) is 0 Å². The Morgan fingerprint density at radius 3 is 2.85 bits per heavy atom. The molecule has 0 spiro atoms. The Morgan fingerprint density at radius 2 is 2.15 bits per heavy atom. The third kappa shape index (κ3) is 3.73. The fraction of sp³-hybridized carbons (Fsp3) is 1.00. The lowest BCUT2D eigenvalue weighted by Gasteiger charge is -2.45. The van der Waals surface area contributed by atoms with Crippen LogP contribution in [0.3, 0.4) is 0 Å². The van der Waals surface area contributed by atoms with E-state index in [0.717, 1.165) is 45.6 Å². The van der Waals surface area contributed by atoms with Crippen LogP contribution < -0.4 is 5.32 Å². The smallest absolute Gasteiger partial charge is 0.0622 e. The van der Waals surface area contributed by atoms with Crippen LogP contribution >= 0.6 is 0 Å². The first kappa shape index (κ1) is 14.8. The van der Waals surface area contributed by atoms with Gasteiger partial charge in [0.15, 0.2) is 0 Å². The maximum absolute atomic E-state index is 5.85. The highest BCUT2D eigenvalue weighted by molar-refractivity contribution is 4.92. The number of hydrogen-bond acceptors (Lipinski definition) is 4. The van der Waals surface area contributed by atoms with Gasteiger partial charge in [-0.2, -0.15) is 0 Å². The van der Waals surface area contributed by atoms with Gasteiger partial charge in [0, 0.05) is 43.7 Å². The summed E-state index contributed by atoms with van der Waals surface area (Å²) in [4.78, 5) is 2.66. The van der Waals surface area contributed by atoms with Crippen molar-refractivity contribution in [3.05, 3.63) is 0 Å². The van der Waals surface area contributed by atoms with Gasteiger partial charge in [0.1, 0.15) is 0 Å². The average molecular weight is 282 g/mol. The molecule has 0 aromatic rings. The van der Waals surface area contributed by atoms with E-state index in [4.69, 9.17) is 9.47 Å². The molecule has 2 saturated heterocycles. The summed E-state index contributed by atoms with van der Waals surface area (Å²) in [6.45, 7) is 9.35. The Labute approximate surface area is 123 Å². The van der Waals surface area contributed by atoms with E-state index in [1.807, 2.05) is 0 Å². The van der Waals surface area contributed by atoms with Crippen LogP contribution in [0, 0.1) is 5.41 Å². The van der Waals surface area contributed by atoms with Gasteiger partial charge in [-0.05, 0) is 32.1 Å². The lowest BCUT2D eigenvalue weighted by molar-refractivity contribution is -0.0664. The fourth-order valence-corrected chi connectivity index (χ4v) is 3.58. The largest absolute Gasteiger partial charge is 0.381 e. The van der Waals surface area contributed by atoms with Crippen molar-refractivity contribution in [2.45, 2.75) is 51.1 Å². The number of hydrogen-bond donors (Lipinski definition) is 1.